The van der Waals surface area contributed by atoms with E-state index in [0.29, 0.717) is 21.6 Å². The third-order valence-electron chi connectivity index (χ3n) is 3.40. The first kappa shape index (κ1) is 18.9. The lowest BCUT2D eigenvalue weighted by Gasteiger charge is -2.03. The second kappa shape index (κ2) is 9.20. The van der Waals surface area contributed by atoms with Crippen molar-refractivity contribution in [3.63, 3.8) is 0 Å². The summed E-state index contributed by atoms with van der Waals surface area (Å²) in [6.07, 6.45) is 3.07. The zero-order valence-electron chi connectivity index (χ0n) is 14.3. The Bertz CT molecular complexity index is 921. The molecule has 8 heteroatoms. The van der Waals surface area contributed by atoms with Gasteiger partial charge in [0.2, 0.25) is 5.91 Å². The average Bonchev–Trinajstić information content (AvgIpc) is 3.35. The first-order valence-corrected chi connectivity index (χ1v) is 9.89. The van der Waals surface area contributed by atoms with Crippen molar-refractivity contribution in [1.82, 2.24) is 10.3 Å². The van der Waals surface area contributed by atoms with Gasteiger partial charge in [0.15, 0.2) is 10.1 Å². The Morgan fingerprint density at radius 1 is 1.22 bits per heavy atom. The highest BCUT2D eigenvalue weighted by Gasteiger charge is 2.18. The van der Waals surface area contributed by atoms with Crippen molar-refractivity contribution in [3.05, 3.63) is 67.1 Å². The van der Waals surface area contributed by atoms with Crippen LogP contribution in [0.5, 0.6) is 0 Å². The summed E-state index contributed by atoms with van der Waals surface area (Å²) >= 11 is 2.64. The molecule has 2 N–H and O–H groups in total. The molecule has 0 unspecified atom stereocenters. The number of hydrogen-bond donors (Lipinski definition) is 2. The maximum atomic E-state index is 12.3. The largest absolute Gasteiger partial charge is 0.459 e. The van der Waals surface area contributed by atoms with Gasteiger partial charge in [0.05, 0.1) is 12.0 Å². The monoisotopic (exact) mass is 399 g/mol. The average molecular weight is 399 g/mol. The van der Waals surface area contributed by atoms with E-state index in [2.05, 4.69) is 22.2 Å². The molecule has 2 heterocycles. The van der Waals surface area contributed by atoms with Crippen LogP contribution >= 0.6 is 23.1 Å². The van der Waals surface area contributed by atoms with Gasteiger partial charge in [-0.05, 0) is 12.1 Å². The normalized spacial score (nSPS) is 10.4. The molecule has 2 amide bonds. The molecular formula is C19H17N3O3S2. The van der Waals surface area contributed by atoms with Gasteiger partial charge >= 0.3 is 0 Å². The Morgan fingerprint density at radius 3 is 2.74 bits per heavy atom. The summed E-state index contributed by atoms with van der Waals surface area (Å²) in [5, 5.41) is 6.18. The summed E-state index contributed by atoms with van der Waals surface area (Å²) in [5.41, 5.74) is 1.54. The molecule has 0 aliphatic carbocycles. The molecule has 2 aromatic heterocycles. The van der Waals surface area contributed by atoms with Gasteiger partial charge in [-0.25, -0.2) is 4.98 Å². The Balaban J connectivity index is 1.80. The van der Waals surface area contributed by atoms with Crippen LogP contribution in [0.15, 0.2) is 70.1 Å². The summed E-state index contributed by atoms with van der Waals surface area (Å²) in [4.78, 5) is 28.7. The first-order chi connectivity index (χ1) is 13.2. The molecule has 1 aromatic carbocycles. The number of rotatable bonds is 8. The van der Waals surface area contributed by atoms with Gasteiger partial charge in [-0.15, -0.1) is 6.58 Å². The van der Waals surface area contributed by atoms with Gasteiger partial charge in [0, 0.05) is 12.1 Å². The number of furan rings is 1. The number of nitrogens with one attached hydrogen (secondary N) is 2. The Hall–Kier alpha value is -2.84. The van der Waals surface area contributed by atoms with Crippen LogP contribution < -0.4 is 10.6 Å². The predicted octanol–water partition coefficient (Wildman–Crippen LogP) is 4.05. The Labute approximate surface area is 164 Å². The summed E-state index contributed by atoms with van der Waals surface area (Å²) in [7, 11) is 0. The molecule has 27 heavy (non-hydrogen) atoms. The van der Waals surface area contributed by atoms with E-state index in [1.807, 2.05) is 30.3 Å². The number of carbonyl (C=O) groups is 2. The number of nitrogens with zero attached hydrogens (tertiary/aromatic N) is 1. The topological polar surface area (TPSA) is 84.2 Å². The second-order valence-corrected chi connectivity index (χ2v) is 7.56. The zero-order valence-corrected chi connectivity index (χ0v) is 15.9. The van der Waals surface area contributed by atoms with Crippen LogP contribution in [0.3, 0.4) is 0 Å². The minimum atomic E-state index is -0.346. The molecule has 138 valence electrons. The number of anilines is 1. The minimum Gasteiger partial charge on any atom is -0.459 e. The second-order valence-electron chi connectivity index (χ2n) is 5.34. The van der Waals surface area contributed by atoms with E-state index in [9.17, 15) is 9.59 Å². The van der Waals surface area contributed by atoms with Crippen molar-refractivity contribution in [2.75, 3.05) is 17.6 Å². The van der Waals surface area contributed by atoms with Gasteiger partial charge in [-0.1, -0.05) is 59.5 Å². The number of benzene rings is 1. The van der Waals surface area contributed by atoms with Crippen molar-refractivity contribution in [3.8, 4) is 11.3 Å². The van der Waals surface area contributed by atoms with Gasteiger partial charge < -0.3 is 15.1 Å². The van der Waals surface area contributed by atoms with Crippen LogP contribution in [0.1, 0.15) is 10.6 Å². The molecule has 0 fully saturated rings. The fourth-order valence-corrected chi connectivity index (χ4v) is 4.07. The van der Waals surface area contributed by atoms with Crippen molar-refractivity contribution >= 4 is 39.9 Å². The van der Waals surface area contributed by atoms with Crippen molar-refractivity contribution in [1.29, 1.82) is 0 Å². The van der Waals surface area contributed by atoms with E-state index in [-0.39, 0.29) is 23.3 Å². The number of hydrogen-bond acceptors (Lipinski definition) is 6. The lowest BCUT2D eigenvalue weighted by Crippen LogP contribution is -2.24. The highest BCUT2D eigenvalue weighted by molar-refractivity contribution is 8.01. The number of amides is 2. The van der Waals surface area contributed by atoms with Gasteiger partial charge in [0.1, 0.15) is 10.7 Å². The van der Waals surface area contributed by atoms with E-state index >= 15 is 0 Å². The van der Waals surface area contributed by atoms with E-state index < -0.39 is 0 Å². The van der Waals surface area contributed by atoms with E-state index in [1.54, 1.807) is 18.2 Å². The van der Waals surface area contributed by atoms with Crippen LogP contribution in [0.4, 0.5) is 5.00 Å². The first-order valence-electron chi connectivity index (χ1n) is 8.09. The Morgan fingerprint density at radius 2 is 2.04 bits per heavy atom. The minimum absolute atomic E-state index is 0.0995. The van der Waals surface area contributed by atoms with Crippen LogP contribution in [0.25, 0.3) is 11.3 Å². The lowest BCUT2D eigenvalue weighted by molar-refractivity contribution is -0.118. The van der Waals surface area contributed by atoms with E-state index in [0.717, 1.165) is 5.56 Å². The molecule has 0 aliphatic heterocycles. The fourth-order valence-electron chi connectivity index (χ4n) is 2.18. The molecule has 3 aromatic rings. The van der Waals surface area contributed by atoms with Crippen LogP contribution in [0.2, 0.25) is 0 Å². The SMILES string of the molecule is C=CCNC(=O)CSc1nc(-c2ccccc2)c(NC(=O)c2ccco2)s1. The fraction of sp³-hybridized carbons (Fsp3) is 0.105. The number of aromatic nitrogens is 1. The third-order valence-corrected chi connectivity index (χ3v) is 5.51. The smallest absolute Gasteiger partial charge is 0.292 e. The van der Waals surface area contributed by atoms with Crippen LogP contribution in [0, 0.1) is 0 Å². The molecule has 6 nitrogen and oxygen atoms in total. The molecule has 3 rings (SSSR count). The molecule has 0 atom stereocenters. The number of thiazole rings is 1. The highest BCUT2D eigenvalue weighted by Crippen LogP contribution is 2.37. The maximum absolute atomic E-state index is 12.3. The van der Waals surface area contributed by atoms with Crippen LogP contribution in [-0.4, -0.2) is 29.1 Å². The van der Waals surface area contributed by atoms with Gasteiger partial charge in [-0.3, -0.25) is 9.59 Å². The lowest BCUT2D eigenvalue weighted by atomic mass is 10.2. The van der Waals surface area contributed by atoms with Gasteiger partial charge in [-0.2, -0.15) is 0 Å². The number of carbonyl (C=O) groups excluding carboxylic acids is 2. The summed E-state index contributed by atoms with van der Waals surface area (Å²) in [6.45, 7) is 4.00. The summed E-state index contributed by atoms with van der Waals surface area (Å²) < 4.78 is 5.83. The zero-order chi connectivity index (χ0) is 19.1. The molecule has 0 bridgehead atoms. The van der Waals surface area contributed by atoms with Crippen LogP contribution in [-0.2, 0) is 4.79 Å². The molecule has 0 saturated carbocycles. The standard InChI is InChI=1S/C19H17N3O3S2/c1-2-10-20-15(23)12-26-19-21-16(13-7-4-3-5-8-13)18(27-19)22-17(24)14-9-6-11-25-14/h2-9,11H,1,10,12H2,(H,20,23)(H,22,24). The van der Waals surface area contributed by atoms with Crippen molar-refractivity contribution < 1.29 is 14.0 Å². The summed E-state index contributed by atoms with van der Waals surface area (Å²) in [5.74, 6) is 0.0142. The molecule has 0 radical (unpaired) electrons. The highest BCUT2D eigenvalue weighted by atomic mass is 32.2. The molecule has 0 saturated heterocycles. The Kier molecular flexibility index (Phi) is 6.45. The third kappa shape index (κ3) is 5.08. The van der Waals surface area contributed by atoms with E-state index in [1.165, 1.54) is 29.4 Å². The number of thioether (sulfide) groups is 1. The summed E-state index contributed by atoms with van der Waals surface area (Å²) in [6, 6.07) is 12.8. The predicted molar refractivity (Wildman–Crippen MR) is 108 cm³/mol. The quantitative estimate of drug-likeness (QED) is 0.441. The maximum Gasteiger partial charge on any atom is 0.292 e. The van der Waals surface area contributed by atoms with Crippen molar-refractivity contribution in [2.24, 2.45) is 0 Å². The van der Waals surface area contributed by atoms with Crippen molar-refractivity contribution in [2.45, 2.75) is 4.34 Å². The van der Waals surface area contributed by atoms with Gasteiger partial charge in [0.25, 0.3) is 5.91 Å². The van der Waals surface area contributed by atoms with E-state index in [4.69, 9.17) is 4.42 Å². The molecule has 0 aliphatic rings. The molecule has 0 spiro atoms. The molecular weight excluding hydrogens is 382 g/mol.